The molecule has 1 aromatic carbocycles. The molecule has 0 amide bonds. The molecule has 18 heteroatoms. The Bertz CT molecular complexity index is 1230. The number of carboxylic acids is 1. The fourth-order valence-electron chi connectivity index (χ4n) is 3.50. The van der Waals surface area contributed by atoms with Crippen molar-refractivity contribution in [2.24, 2.45) is 10.9 Å². The number of aromatic amines is 1. The van der Waals surface area contributed by atoms with Crippen molar-refractivity contribution in [3.05, 3.63) is 12.1 Å². The van der Waals surface area contributed by atoms with Crippen molar-refractivity contribution in [2.75, 3.05) is 50.7 Å². The maximum Gasteiger partial charge on any atom is 0.317 e. The number of hydrogen-bond acceptors (Lipinski definition) is 12. The number of nitrogens with zero attached hydrogens (tertiary/aromatic N) is 5. The molecule has 3 rings (SSSR count). The lowest BCUT2D eigenvalue weighted by atomic mass is 10.1. The molecule has 2 aromatic rings. The van der Waals surface area contributed by atoms with Crippen LogP contribution in [0.3, 0.4) is 0 Å². The average molecular weight is 520 g/mol. The van der Waals surface area contributed by atoms with Crippen LogP contribution < -0.4 is 20.5 Å². The summed E-state index contributed by atoms with van der Waals surface area (Å²) in [4.78, 5) is 13.0. The van der Waals surface area contributed by atoms with Crippen LogP contribution in [0.2, 0.25) is 0 Å². The highest BCUT2D eigenvalue weighted by molar-refractivity contribution is 7.92. The number of primary sulfonamides is 1. The number of tetrazole rings is 1. The third kappa shape index (κ3) is 5.84. The molecule has 1 aliphatic heterocycles. The van der Waals surface area contributed by atoms with Gasteiger partial charge in [0, 0.05) is 45.0 Å². The first-order valence-electron chi connectivity index (χ1n) is 9.94. The second-order valence-corrected chi connectivity index (χ2v) is 10.7. The van der Waals surface area contributed by atoms with E-state index in [2.05, 4.69) is 25.3 Å². The second kappa shape index (κ2) is 10.3. The molecule has 1 aromatic heterocycles. The highest BCUT2D eigenvalue weighted by Gasteiger charge is 2.34. The van der Waals surface area contributed by atoms with Crippen LogP contribution in [0, 0.1) is 0 Å². The number of hydrogen-bond donors (Lipinski definition) is 6. The zero-order valence-electron chi connectivity index (χ0n) is 17.8. The summed E-state index contributed by atoms with van der Waals surface area (Å²) in [6.07, 6.45) is -1.19. The van der Waals surface area contributed by atoms with Crippen molar-refractivity contribution in [1.82, 2.24) is 30.2 Å². The van der Waals surface area contributed by atoms with Crippen LogP contribution in [0.5, 0.6) is 0 Å². The number of carboxylic acid groups (broad SMARTS) is 1. The average Bonchev–Trinajstić information content (AvgIpc) is 3.30. The molecule has 0 radical (unpaired) electrons. The molecule has 8 N–H and O–H groups in total. The molecule has 0 unspecified atom stereocenters. The van der Waals surface area contributed by atoms with Gasteiger partial charge in [-0.15, -0.1) is 10.2 Å². The van der Waals surface area contributed by atoms with Gasteiger partial charge in [0.1, 0.15) is 9.79 Å². The number of nitrogens with two attached hydrogens (primary N) is 2. The van der Waals surface area contributed by atoms with Crippen LogP contribution in [0.15, 0.2) is 21.9 Å². The number of sulfonamides is 2. The predicted octanol–water partition coefficient (Wildman–Crippen LogP) is -3.68. The van der Waals surface area contributed by atoms with Crippen molar-refractivity contribution < 1.29 is 31.8 Å². The normalized spacial score (nSPS) is 16.5. The predicted molar refractivity (Wildman–Crippen MR) is 118 cm³/mol. The van der Waals surface area contributed by atoms with Gasteiger partial charge in [-0.3, -0.25) is 9.69 Å². The first-order chi connectivity index (χ1) is 15.9. The molecular weight excluding hydrogens is 494 g/mol. The van der Waals surface area contributed by atoms with E-state index in [1.54, 1.807) is 9.80 Å². The molecule has 2 heterocycles. The molecule has 188 valence electrons. The van der Waals surface area contributed by atoms with E-state index >= 15 is 0 Å². The van der Waals surface area contributed by atoms with E-state index in [0.717, 1.165) is 6.07 Å². The van der Waals surface area contributed by atoms with Gasteiger partial charge in [0.2, 0.25) is 25.9 Å². The Labute approximate surface area is 195 Å². The summed E-state index contributed by atoms with van der Waals surface area (Å²) in [5.41, 5.74) is 5.40. The Hall–Kier alpha value is -2.74. The number of H-pyrrole nitrogens is 1. The maximum atomic E-state index is 13.0. The van der Waals surface area contributed by atoms with Crippen molar-refractivity contribution in [3.8, 4) is 11.4 Å². The number of aliphatic hydroxyl groups excluding tert-OH is 1. The molecule has 16 nitrogen and oxygen atoms in total. The Morgan fingerprint density at radius 2 is 1.88 bits per heavy atom. The fraction of sp³-hybridized carbons (Fsp3) is 0.500. The van der Waals surface area contributed by atoms with Gasteiger partial charge >= 0.3 is 5.97 Å². The highest BCUT2D eigenvalue weighted by Crippen LogP contribution is 2.38. The molecule has 0 saturated carbocycles. The smallest absolute Gasteiger partial charge is 0.317 e. The largest absolute Gasteiger partial charge is 0.480 e. The second-order valence-electron chi connectivity index (χ2n) is 7.47. The number of piperazine rings is 1. The first kappa shape index (κ1) is 25.9. The molecule has 1 aliphatic rings. The first-order valence-corrected chi connectivity index (χ1v) is 13.0. The van der Waals surface area contributed by atoms with Crippen LogP contribution in [-0.4, -0.2) is 110 Å². The molecule has 0 spiro atoms. The summed E-state index contributed by atoms with van der Waals surface area (Å²) in [6.45, 7) is 0.539. The van der Waals surface area contributed by atoms with Gasteiger partial charge < -0.3 is 20.8 Å². The van der Waals surface area contributed by atoms with Crippen molar-refractivity contribution in [2.45, 2.75) is 15.9 Å². The number of benzene rings is 1. The Balaban J connectivity index is 2.12. The summed E-state index contributed by atoms with van der Waals surface area (Å²) in [5.74, 6) is -1.18. The van der Waals surface area contributed by atoms with Gasteiger partial charge in [-0.05, 0) is 17.3 Å². The number of aliphatic carboxylic acids is 1. The standard InChI is InChI=1S/C16H25N9O7S2/c17-7-10(26)8-19-34(31,32)12-2-1-11(25-5-3-24(4-6-25)9-13(27)28)14(15(12)33(18,29)30)16-20-22-23-21-16/h1-2,10,19,26H,3-9,17H2,(H,27,28)(H2,18,29,30)(H,20,21,22,23)/t10-/m1/s1. The molecule has 34 heavy (non-hydrogen) atoms. The summed E-state index contributed by atoms with van der Waals surface area (Å²) >= 11 is 0. The SMILES string of the molecule is NC[C@@H](O)CNS(=O)(=O)c1ccc(N2CCN(CC(=O)O)CC2)c(-c2nn[nH]n2)c1S(N)(=O)=O. The molecule has 1 saturated heterocycles. The topological polar surface area (TPSA) is 251 Å². The quantitative estimate of drug-likeness (QED) is 0.177. The summed E-state index contributed by atoms with van der Waals surface area (Å²) in [5, 5.41) is 37.4. The fourth-order valence-corrected chi connectivity index (χ4v) is 6.17. The Kier molecular flexibility index (Phi) is 7.81. The van der Waals surface area contributed by atoms with Crippen LogP contribution >= 0.6 is 0 Å². The van der Waals surface area contributed by atoms with Gasteiger partial charge in [0.25, 0.3) is 0 Å². The number of anilines is 1. The van der Waals surface area contributed by atoms with Crippen LogP contribution in [0.1, 0.15) is 0 Å². The minimum absolute atomic E-state index is 0.147. The van der Waals surface area contributed by atoms with Gasteiger partial charge in [-0.1, -0.05) is 0 Å². The van der Waals surface area contributed by atoms with Crippen molar-refractivity contribution in [1.29, 1.82) is 0 Å². The molecule has 0 bridgehead atoms. The van der Waals surface area contributed by atoms with Crippen LogP contribution in [-0.2, 0) is 24.8 Å². The zero-order valence-corrected chi connectivity index (χ0v) is 19.5. The Morgan fingerprint density at radius 1 is 1.21 bits per heavy atom. The van der Waals surface area contributed by atoms with Gasteiger partial charge in [0.05, 0.1) is 18.2 Å². The van der Waals surface area contributed by atoms with Crippen molar-refractivity contribution >= 4 is 31.7 Å². The summed E-state index contributed by atoms with van der Waals surface area (Å²) < 4.78 is 53.3. The highest BCUT2D eigenvalue weighted by atomic mass is 32.2. The number of carbonyl (C=O) groups is 1. The number of nitrogens with one attached hydrogen (secondary N) is 2. The van der Waals surface area contributed by atoms with Gasteiger partial charge in [-0.25, -0.2) is 26.7 Å². The van der Waals surface area contributed by atoms with Crippen LogP contribution in [0.4, 0.5) is 5.69 Å². The minimum Gasteiger partial charge on any atom is -0.480 e. The van der Waals surface area contributed by atoms with Crippen LogP contribution in [0.25, 0.3) is 11.4 Å². The lowest BCUT2D eigenvalue weighted by molar-refractivity contribution is -0.138. The number of aliphatic hydroxyl groups is 1. The lowest BCUT2D eigenvalue weighted by Crippen LogP contribution is -2.48. The van der Waals surface area contributed by atoms with E-state index in [1.807, 2.05) is 0 Å². The molecule has 1 fully saturated rings. The molecule has 0 aliphatic carbocycles. The monoisotopic (exact) mass is 519 g/mol. The van der Waals surface area contributed by atoms with Gasteiger partial charge in [-0.2, -0.15) is 5.21 Å². The third-order valence-corrected chi connectivity index (χ3v) is 7.68. The summed E-state index contributed by atoms with van der Waals surface area (Å²) in [6, 6.07) is 2.47. The maximum absolute atomic E-state index is 13.0. The van der Waals surface area contributed by atoms with E-state index < -0.39 is 48.5 Å². The van der Waals surface area contributed by atoms with E-state index in [9.17, 15) is 26.7 Å². The summed E-state index contributed by atoms with van der Waals surface area (Å²) in [7, 11) is -9.11. The van der Waals surface area contributed by atoms with E-state index in [4.69, 9.17) is 16.0 Å². The number of aromatic nitrogens is 4. The van der Waals surface area contributed by atoms with Crippen molar-refractivity contribution in [3.63, 3.8) is 0 Å². The van der Waals surface area contributed by atoms with E-state index in [0.29, 0.717) is 26.2 Å². The van der Waals surface area contributed by atoms with Gasteiger partial charge in [0.15, 0.2) is 0 Å². The van der Waals surface area contributed by atoms with E-state index in [-0.39, 0.29) is 30.2 Å². The molecule has 1 atom stereocenters. The number of rotatable bonds is 10. The zero-order chi connectivity index (χ0) is 25.1. The van der Waals surface area contributed by atoms with E-state index in [1.165, 1.54) is 6.07 Å². The lowest BCUT2D eigenvalue weighted by Gasteiger charge is -2.36. The minimum atomic E-state index is -4.65. The Morgan fingerprint density at radius 3 is 2.41 bits per heavy atom. The molecular formula is C16H25N9O7S2. The third-order valence-electron chi connectivity index (χ3n) is 5.10.